The summed E-state index contributed by atoms with van der Waals surface area (Å²) in [6.07, 6.45) is 1.72. The molecule has 0 aliphatic rings. The van der Waals surface area contributed by atoms with Crippen LogP contribution in [0.15, 0.2) is 59.1 Å². The Hall–Kier alpha value is -3.08. The van der Waals surface area contributed by atoms with E-state index >= 15 is 0 Å². The smallest absolute Gasteiger partial charge is 0.183 e. The summed E-state index contributed by atoms with van der Waals surface area (Å²) in [4.78, 5) is 9.04. The molecule has 0 saturated heterocycles. The fourth-order valence-corrected chi connectivity index (χ4v) is 2.51. The Kier molecular flexibility index (Phi) is 2.72. The number of aromatic hydroxyl groups is 1. The molecule has 4 rings (SSSR count). The number of hydrogen-bond acceptors (Lipinski definition) is 4. The molecule has 0 atom stereocenters. The Labute approximate surface area is 126 Å². The third-order valence-corrected chi connectivity index (χ3v) is 3.46. The second kappa shape index (κ2) is 4.73. The zero-order valence-electron chi connectivity index (χ0n) is 11.9. The standard InChI is InChI=1S/C17H13N3O2/c1-11-7-8-15(22-11)17-19-14-6-3-9-18-16(14)20(17)12-4-2-5-13(21)10-12/h2-10,21H,1H3. The summed E-state index contributed by atoms with van der Waals surface area (Å²) in [7, 11) is 0. The molecule has 0 unspecified atom stereocenters. The highest BCUT2D eigenvalue weighted by atomic mass is 16.3. The Morgan fingerprint density at radius 1 is 1.09 bits per heavy atom. The molecule has 1 N–H and O–H groups in total. The van der Waals surface area contributed by atoms with Gasteiger partial charge in [0, 0.05) is 12.3 Å². The maximum absolute atomic E-state index is 9.77. The summed E-state index contributed by atoms with van der Waals surface area (Å²) in [6.45, 7) is 1.89. The van der Waals surface area contributed by atoms with Crippen molar-refractivity contribution in [3.8, 4) is 23.0 Å². The van der Waals surface area contributed by atoms with Gasteiger partial charge in [0.05, 0.1) is 5.69 Å². The van der Waals surface area contributed by atoms with Crippen LogP contribution in [0.5, 0.6) is 5.75 Å². The van der Waals surface area contributed by atoms with Gasteiger partial charge in [-0.3, -0.25) is 4.57 Å². The first-order chi connectivity index (χ1) is 10.7. The number of nitrogens with zero attached hydrogens (tertiary/aromatic N) is 3. The minimum absolute atomic E-state index is 0.192. The highest BCUT2D eigenvalue weighted by molar-refractivity contribution is 5.78. The highest BCUT2D eigenvalue weighted by Gasteiger charge is 2.17. The van der Waals surface area contributed by atoms with E-state index in [2.05, 4.69) is 9.97 Å². The number of aromatic nitrogens is 3. The maximum Gasteiger partial charge on any atom is 0.183 e. The Bertz CT molecular complexity index is 969. The first-order valence-electron chi connectivity index (χ1n) is 6.92. The molecular formula is C17H13N3O2. The van der Waals surface area contributed by atoms with E-state index in [4.69, 9.17) is 4.42 Å². The summed E-state index contributed by atoms with van der Waals surface area (Å²) in [5, 5.41) is 9.77. The number of rotatable bonds is 2. The zero-order valence-corrected chi connectivity index (χ0v) is 11.9. The molecule has 0 bridgehead atoms. The molecule has 0 radical (unpaired) electrons. The first kappa shape index (κ1) is 12.6. The minimum atomic E-state index is 0.192. The fourth-order valence-electron chi connectivity index (χ4n) is 2.51. The second-order valence-corrected chi connectivity index (χ2v) is 5.05. The quantitative estimate of drug-likeness (QED) is 0.611. The van der Waals surface area contributed by atoms with Crippen LogP contribution in [0.25, 0.3) is 28.4 Å². The molecule has 0 saturated carbocycles. The van der Waals surface area contributed by atoms with Crippen molar-refractivity contribution < 1.29 is 9.52 Å². The van der Waals surface area contributed by atoms with E-state index in [0.29, 0.717) is 11.6 Å². The van der Waals surface area contributed by atoms with E-state index in [1.54, 1.807) is 24.4 Å². The lowest BCUT2D eigenvalue weighted by atomic mass is 10.3. The lowest BCUT2D eigenvalue weighted by molar-refractivity contribution is 0.475. The van der Waals surface area contributed by atoms with Crippen molar-refractivity contribution >= 4 is 11.2 Å². The van der Waals surface area contributed by atoms with Crippen LogP contribution in [-0.4, -0.2) is 19.6 Å². The molecule has 1 aromatic carbocycles. The molecule has 0 aliphatic heterocycles. The Morgan fingerprint density at radius 3 is 2.77 bits per heavy atom. The third kappa shape index (κ3) is 1.95. The van der Waals surface area contributed by atoms with Crippen molar-refractivity contribution in [1.82, 2.24) is 14.5 Å². The molecule has 108 valence electrons. The first-order valence-corrected chi connectivity index (χ1v) is 6.92. The number of furan rings is 1. The van der Waals surface area contributed by atoms with E-state index in [-0.39, 0.29) is 5.75 Å². The van der Waals surface area contributed by atoms with Gasteiger partial charge >= 0.3 is 0 Å². The van der Waals surface area contributed by atoms with Crippen molar-refractivity contribution in [1.29, 1.82) is 0 Å². The van der Waals surface area contributed by atoms with Gasteiger partial charge in [0.1, 0.15) is 17.0 Å². The van der Waals surface area contributed by atoms with Gasteiger partial charge in [0.25, 0.3) is 0 Å². The molecule has 0 aliphatic carbocycles. The van der Waals surface area contributed by atoms with E-state index in [9.17, 15) is 5.11 Å². The predicted molar refractivity (Wildman–Crippen MR) is 83.0 cm³/mol. The van der Waals surface area contributed by atoms with Gasteiger partial charge in [0.2, 0.25) is 0 Å². The minimum Gasteiger partial charge on any atom is -0.508 e. The van der Waals surface area contributed by atoms with Crippen LogP contribution in [-0.2, 0) is 0 Å². The summed E-state index contributed by atoms with van der Waals surface area (Å²) >= 11 is 0. The number of phenolic OH excluding ortho intramolecular Hbond substituents is 1. The van der Waals surface area contributed by atoms with Crippen molar-refractivity contribution in [2.75, 3.05) is 0 Å². The average molecular weight is 291 g/mol. The third-order valence-electron chi connectivity index (χ3n) is 3.46. The summed E-state index contributed by atoms with van der Waals surface area (Å²) < 4.78 is 7.60. The molecule has 0 amide bonds. The normalized spacial score (nSPS) is 11.1. The van der Waals surface area contributed by atoms with Crippen LogP contribution in [0, 0.1) is 6.92 Å². The molecule has 3 aromatic heterocycles. The van der Waals surface area contributed by atoms with Gasteiger partial charge < -0.3 is 9.52 Å². The Morgan fingerprint density at radius 2 is 2.00 bits per heavy atom. The van der Waals surface area contributed by atoms with Crippen molar-refractivity contribution in [2.24, 2.45) is 0 Å². The van der Waals surface area contributed by atoms with Gasteiger partial charge in [-0.1, -0.05) is 6.07 Å². The van der Waals surface area contributed by atoms with E-state index < -0.39 is 0 Å². The molecule has 5 heteroatoms. The molecular weight excluding hydrogens is 278 g/mol. The number of benzene rings is 1. The lowest BCUT2D eigenvalue weighted by Gasteiger charge is -2.07. The fraction of sp³-hybridized carbons (Fsp3) is 0.0588. The van der Waals surface area contributed by atoms with Crippen LogP contribution in [0.2, 0.25) is 0 Å². The van der Waals surface area contributed by atoms with Gasteiger partial charge in [-0.15, -0.1) is 0 Å². The van der Waals surface area contributed by atoms with Gasteiger partial charge in [-0.25, -0.2) is 9.97 Å². The number of fused-ring (bicyclic) bond motifs is 1. The topological polar surface area (TPSA) is 64.1 Å². The van der Waals surface area contributed by atoms with Gasteiger partial charge in [-0.2, -0.15) is 0 Å². The average Bonchev–Trinajstić information content (AvgIpc) is 3.10. The SMILES string of the molecule is Cc1ccc(-c2nc3cccnc3n2-c2cccc(O)c2)o1. The van der Waals surface area contributed by atoms with E-state index in [1.807, 2.05) is 41.8 Å². The molecule has 5 nitrogen and oxygen atoms in total. The zero-order chi connectivity index (χ0) is 15.1. The van der Waals surface area contributed by atoms with Crippen molar-refractivity contribution in [3.05, 3.63) is 60.5 Å². The Balaban J connectivity index is 2.06. The molecule has 3 heterocycles. The van der Waals surface area contributed by atoms with E-state index in [0.717, 1.165) is 22.6 Å². The maximum atomic E-state index is 9.77. The number of imidazole rings is 1. The van der Waals surface area contributed by atoms with Crippen LogP contribution in [0.3, 0.4) is 0 Å². The van der Waals surface area contributed by atoms with Crippen molar-refractivity contribution in [2.45, 2.75) is 6.92 Å². The number of phenols is 1. The molecule has 4 aromatic rings. The van der Waals surface area contributed by atoms with Gasteiger partial charge in [0.15, 0.2) is 17.2 Å². The summed E-state index contributed by atoms with van der Waals surface area (Å²) in [5.41, 5.74) is 2.28. The molecule has 0 fully saturated rings. The van der Waals surface area contributed by atoms with E-state index in [1.165, 1.54) is 0 Å². The largest absolute Gasteiger partial charge is 0.508 e. The van der Waals surface area contributed by atoms with Crippen LogP contribution in [0.1, 0.15) is 5.76 Å². The number of hydrogen-bond donors (Lipinski definition) is 1. The van der Waals surface area contributed by atoms with Crippen LogP contribution < -0.4 is 0 Å². The van der Waals surface area contributed by atoms with Crippen LogP contribution >= 0.6 is 0 Å². The number of aryl methyl sites for hydroxylation is 1. The van der Waals surface area contributed by atoms with Crippen molar-refractivity contribution in [3.63, 3.8) is 0 Å². The lowest BCUT2D eigenvalue weighted by Crippen LogP contribution is -1.97. The molecule has 22 heavy (non-hydrogen) atoms. The monoisotopic (exact) mass is 291 g/mol. The van der Waals surface area contributed by atoms with Gasteiger partial charge in [-0.05, 0) is 43.3 Å². The highest BCUT2D eigenvalue weighted by Crippen LogP contribution is 2.29. The number of pyridine rings is 1. The second-order valence-electron chi connectivity index (χ2n) is 5.05. The van der Waals surface area contributed by atoms with Crippen LogP contribution in [0.4, 0.5) is 0 Å². The summed E-state index contributed by atoms with van der Waals surface area (Å²) in [5.74, 6) is 2.33. The predicted octanol–water partition coefficient (Wildman–Crippen LogP) is 3.69. The summed E-state index contributed by atoms with van der Waals surface area (Å²) in [6, 6.07) is 14.5. The molecule has 0 spiro atoms.